The molecule has 0 amide bonds. The molecule has 0 saturated heterocycles. The van der Waals surface area contributed by atoms with E-state index >= 15 is 0 Å². The lowest BCUT2D eigenvalue weighted by Gasteiger charge is -2.25. The van der Waals surface area contributed by atoms with Gasteiger partial charge in [0.05, 0.1) is 11.3 Å². The molecular weight excluding hydrogens is 341 g/mol. The van der Waals surface area contributed by atoms with E-state index < -0.39 is 11.7 Å². The van der Waals surface area contributed by atoms with Crippen molar-refractivity contribution >= 4 is 0 Å². The van der Waals surface area contributed by atoms with Crippen molar-refractivity contribution < 1.29 is 13.2 Å². The van der Waals surface area contributed by atoms with Gasteiger partial charge in [-0.2, -0.15) is 18.3 Å². The Hall–Kier alpha value is -2.67. The van der Waals surface area contributed by atoms with Gasteiger partial charge in [-0.1, -0.05) is 30.3 Å². The lowest BCUT2D eigenvalue weighted by molar-refractivity contribution is -0.137. The van der Waals surface area contributed by atoms with Crippen LogP contribution in [-0.2, 0) is 12.7 Å². The first-order valence-corrected chi connectivity index (χ1v) is 8.16. The number of halogens is 3. The average Bonchev–Trinajstić information content (AvgIpc) is 3.15. The van der Waals surface area contributed by atoms with Crippen LogP contribution in [0, 0.1) is 0 Å². The summed E-state index contributed by atoms with van der Waals surface area (Å²) in [5.41, 5.74) is 1.99. The second-order valence-corrected chi connectivity index (χ2v) is 6.22. The molecule has 1 atom stereocenters. The monoisotopic (exact) mass is 360 g/mol. The van der Waals surface area contributed by atoms with E-state index in [9.17, 15) is 13.2 Å². The van der Waals surface area contributed by atoms with Gasteiger partial charge in [-0.25, -0.2) is 9.67 Å². The summed E-state index contributed by atoms with van der Waals surface area (Å²) in [6.45, 7) is 2.45. The predicted molar refractivity (Wildman–Crippen MR) is 92.7 cm³/mol. The third-order valence-electron chi connectivity index (χ3n) is 4.41. The molecule has 4 nitrogen and oxygen atoms in total. The van der Waals surface area contributed by atoms with Crippen LogP contribution < -0.4 is 0 Å². The third kappa shape index (κ3) is 4.11. The van der Waals surface area contributed by atoms with Gasteiger partial charge < -0.3 is 0 Å². The lowest BCUT2D eigenvalue weighted by atomic mass is 10.1. The molecule has 7 heteroatoms. The first-order valence-electron chi connectivity index (χ1n) is 8.16. The van der Waals surface area contributed by atoms with Crippen LogP contribution in [-0.4, -0.2) is 26.7 Å². The van der Waals surface area contributed by atoms with Gasteiger partial charge in [0.15, 0.2) is 0 Å². The highest BCUT2D eigenvalue weighted by molar-refractivity contribution is 5.34. The number of nitrogens with zero attached hydrogens (tertiary/aromatic N) is 4. The maximum atomic E-state index is 12.9. The Balaban J connectivity index is 1.71. The van der Waals surface area contributed by atoms with Crippen LogP contribution >= 0.6 is 0 Å². The van der Waals surface area contributed by atoms with Crippen molar-refractivity contribution in [2.75, 3.05) is 7.05 Å². The van der Waals surface area contributed by atoms with Crippen molar-refractivity contribution in [3.63, 3.8) is 0 Å². The van der Waals surface area contributed by atoms with E-state index in [4.69, 9.17) is 0 Å². The maximum Gasteiger partial charge on any atom is 0.416 e. The molecule has 0 bridgehead atoms. The van der Waals surface area contributed by atoms with Gasteiger partial charge in [0.25, 0.3) is 0 Å². The van der Waals surface area contributed by atoms with Crippen molar-refractivity contribution in [1.29, 1.82) is 0 Å². The SMILES string of the molecule is CC(c1ccc(-n2cncn2)cc1)N(C)Cc1cccc(C(F)(F)F)c1. The number of alkyl halides is 3. The molecule has 0 saturated carbocycles. The molecule has 2 aromatic carbocycles. The lowest BCUT2D eigenvalue weighted by Crippen LogP contribution is -2.22. The van der Waals surface area contributed by atoms with Crippen LogP contribution in [0.25, 0.3) is 5.69 Å². The van der Waals surface area contributed by atoms with E-state index in [2.05, 4.69) is 10.1 Å². The summed E-state index contributed by atoms with van der Waals surface area (Å²) in [5.74, 6) is 0. The van der Waals surface area contributed by atoms with E-state index in [0.717, 1.165) is 17.3 Å². The molecule has 0 radical (unpaired) electrons. The highest BCUT2D eigenvalue weighted by Gasteiger charge is 2.30. The zero-order valence-corrected chi connectivity index (χ0v) is 14.5. The molecule has 0 N–H and O–H groups in total. The molecule has 3 aromatic rings. The van der Waals surface area contributed by atoms with Gasteiger partial charge in [0.1, 0.15) is 12.7 Å². The fourth-order valence-electron chi connectivity index (χ4n) is 2.77. The Morgan fingerprint density at radius 1 is 1.12 bits per heavy atom. The highest BCUT2D eigenvalue weighted by Crippen LogP contribution is 2.30. The van der Waals surface area contributed by atoms with E-state index in [1.54, 1.807) is 17.1 Å². The second-order valence-electron chi connectivity index (χ2n) is 6.22. The van der Waals surface area contributed by atoms with E-state index in [1.165, 1.54) is 18.5 Å². The van der Waals surface area contributed by atoms with Crippen LogP contribution in [0.15, 0.2) is 61.2 Å². The van der Waals surface area contributed by atoms with Crippen molar-refractivity contribution in [3.05, 3.63) is 77.9 Å². The summed E-state index contributed by atoms with van der Waals surface area (Å²) in [6, 6.07) is 13.4. The van der Waals surface area contributed by atoms with Gasteiger partial charge in [-0.05, 0) is 43.3 Å². The summed E-state index contributed by atoms with van der Waals surface area (Å²) in [4.78, 5) is 5.93. The zero-order chi connectivity index (χ0) is 18.7. The Bertz CT molecular complexity index is 842. The van der Waals surface area contributed by atoms with Crippen molar-refractivity contribution in [2.45, 2.75) is 25.7 Å². The topological polar surface area (TPSA) is 34.0 Å². The minimum atomic E-state index is -4.32. The molecule has 136 valence electrons. The predicted octanol–water partition coefficient (Wildman–Crippen LogP) is 4.48. The molecule has 0 fully saturated rings. The van der Waals surface area contributed by atoms with Crippen LogP contribution in [0.3, 0.4) is 0 Å². The van der Waals surface area contributed by atoms with Crippen molar-refractivity contribution in [3.8, 4) is 5.69 Å². The molecule has 0 aliphatic carbocycles. The average molecular weight is 360 g/mol. The molecule has 1 heterocycles. The fourth-order valence-corrected chi connectivity index (χ4v) is 2.77. The zero-order valence-electron chi connectivity index (χ0n) is 14.5. The van der Waals surface area contributed by atoms with Gasteiger partial charge in [-0.15, -0.1) is 0 Å². The largest absolute Gasteiger partial charge is 0.416 e. The fraction of sp³-hybridized carbons (Fsp3) is 0.263. The number of rotatable bonds is 5. The minimum absolute atomic E-state index is 0.0503. The summed E-state index contributed by atoms with van der Waals surface area (Å²) < 4.78 is 40.2. The number of hydrogen-bond donors (Lipinski definition) is 0. The van der Waals surface area contributed by atoms with Crippen LogP contribution in [0.4, 0.5) is 13.2 Å². The third-order valence-corrected chi connectivity index (χ3v) is 4.41. The van der Waals surface area contributed by atoms with Crippen LogP contribution in [0.2, 0.25) is 0 Å². The van der Waals surface area contributed by atoms with Gasteiger partial charge in [-0.3, -0.25) is 4.90 Å². The number of hydrogen-bond acceptors (Lipinski definition) is 3. The molecule has 3 rings (SSSR count). The summed E-state index contributed by atoms with van der Waals surface area (Å²) >= 11 is 0. The minimum Gasteiger partial charge on any atom is -0.295 e. The Morgan fingerprint density at radius 2 is 1.85 bits per heavy atom. The van der Waals surface area contributed by atoms with E-state index in [0.29, 0.717) is 12.1 Å². The molecule has 0 aliphatic heterocycles. The van der Waals surface area contributed by atoms with E-state index in [1.807, 2.05) is 43.1 Å². The normalized spacial score (nSPS) is 13.2. The number of aromatic nitrogens is 3. The van der Waals surface area contributed by atoms with Crippen LogP contribution in [0.5, 0.6) is 0 Å². The molecule has 0 aliphatic rings. The summed E-state index contributed by atoms with van der Waals surface area (Å²) in [6.07, 6.45) is -1.23. The van der Waals surface area contributed by atoms with Gasteiger partial charge in [0, 0.05) is 12.6 Å². The number of benzene rings is 2. The second kappa shape index (κ2) is 7.29. The summed E-state index contributed by atoms with van der Waals surface area (Å²) in [7, 11) is 1.90. The Morgan fingerprint density at radius 3 is 2.46 bits per heavy atom. The van der Waals surface area contributed by atoms with E-state index in [-0.39, 0.29) is 6.04 Å². The molecule has 1 aromatic heterocycles. The first-order chi connectivity index (χ1) is 12.3. The smallest absolute Gasteiger partial charge is 0.295 e. The highest BCUT2D eigenvalue weighted by atomic mass is 19.4. The molecular formula is C19H19F3N4. The Labute approximate surface area is 149 Å². The standard InChI is InChI=1S/C19H19F3N4/c1-14(16-6-8-18(9-7-16)26-13-23-12-24-26)25(2)11-15-4-3-5-17(10-15)19(20,21)22/h3-10,12-14H,11H2,1-2H3. The van der Waals surface area contributed by atoms with Gasteiger partial charge in [0.2, 0.25) is 0 Å². The summed E-state index contributed by atoms with van der Waals surface area (Å²) in [5, 5.41) is 4.08. The van der Waals surface area contributed by atoms with Crippen molar-refractivity contribution in [2.24, 2.45) is 0 Å². The Kier molecular flexibility index (Phi) is 5.08. The van der Waals surface area contributed by atoms with Crippen LogP contribution in [0.1, 0.15) is 29.7 Å². The molecule has 0 spiro atoms. The molecule has 1 unspecified atom stereocenters. The quantitative estimate of drug-likeness (QED) is 0.673. The molecule has 26 heavy (non-hydrogen) atoms. The van der Waals surface area contributed by atoms with Gasteiger partial charge >= 0.3 is 6.18 Å². The first kappa shape index (κ1) is 18.1. The maximum absolute atomic E-state index is 12.9. The van der Waals surface area contributed by atoms with Crippen molar-refractivity contribution in [1.82, 2.24) is 19.7 Å².